The van der Waals surface area contributed by atoms with Crippen LogP contribution in [0.3, 0.4) is 0 Å². The molecule has 0 aliphatic rings. The Kier molecular flexibility index (Phi) is 4.76. The van der Waals surface area contributed by atoms with Crippen LogP contribution in [0.1, 0.15) is 13.3 Å². The minimum Gasteiger partial charge on any atom is -0.393 e. The summed E-state index contributed by atoms with van der Waals surface area (Å²) in [5.41, 5.74) is 5.24. The zero-order valence-corrected chi connectivity index (χ0v) is 7.09. The number of rotatable bonds is 4. The molecule has 11 heavy (non-hydrogen) atoms. The summed E-state index contributed by atoms with van der Waals surface area (Å²) in [6, 6.07) is 0. The van der Waals surface area contributed by atoms with E-state index in [4.69, 9.17) is 5.11 Å². The number of nitrogens with one attached hydrogen (secondary N) is 2. The van der Waals surface area contributed by atoms with Gasteiger partial charge >= 0.3 is 0 Å². The van der Waals surface area contributed by atoms with Gasteiger partial charge in [-0.2, -0.15) is 0 Å². The highest BCUT2D eigenvalue weighted by atomic mass is 16.3. The van der Waals surface area contributed by atoms with E-state index in [-0.39, 0.29) is 12.3 Å². The first kappa shape index (κ1) is 10.3. The van der Waals surface area contributed by atoms with Crippen molar-refractivity contribution in [3.05, 3.63) is 0 Å². The normalized spacial score (nSPS) is 12.7. The van der Waals surface area contributed by atoms with Crippen molar-refractivity contribution >= 4 is 5.91 Å². The molecule has 0 fully saturated rings. The average Bonchev–Trinajstić information content (AvgIpc) is 1.88. The molecule has 0 radical (unpaired) electrons. The number of amides is 1. The van der Waals surface area contributed by atoms with Crippen LogP contribution in [0.15, 0.2) is 0 Å². The maximum Gasteiger partial charge on any atom is 0.254 e. The van der Waals surface area contributed by atoms with Crippen molar-refractivity contribution in [2.45, 2.75) is 19.4 Å². The predicted octanol–water partition coefficient (Wildman–Crippen LogP) is -1.15. The van der Waals surface area contributed by atoms with E-state index >= 15 is 0 Å². The summed E-state index contributed by atoms with van der Waals surface area (Å²) in [7, 11) is 3.24. The summed E-state index contributed by atoms with van der Waals surface area (Å²) >= 11 is 0. The summed E-state index contributed by atoms with van der Waals surface area (Å²) in [4.78, 5) is 11.1. The summed E-state index contributed by atoms with van der Waals surface area (Å²) < 4.78 is 0. The van der Waals surface area contributed by atoms with Crippen LogP contribution in [0.25, 0.3) is 0 Å². The Labute approximate surface area is 66.3 Å². The number of hydrogen-bond acceptors (Lipinski definition) is 4. The van der Waals surface area contributed by atoms with Crippen molar-refractivity contribution < 1.29 is 9.90 Å². The monoisotopic (exact) mass is 161 g/mol. The molecular formula is C6H15N3O2. The van der Waals surface area contributed by atoms with E-state index in [9.17, 15) is 4.79 Å². The maximum absolute atomic E-state index is 11.1. The standard InChI is InChI=1S/C6H15N3O2/c1-5(10)4-6(11)9(7-2)8-3/h5,7-8,10H,4H2,1-3H3. The molecule has 1 unspecified atom stereocenters. The van der Waals surface area contributed by atoms with E-state index in [0.29, 0.717) is 0 Å². The summed E-state index contributed by atoms with van der Waals surface area (Å²) in [6.07, 6.45) is -0.492. The summed E-state index contributed by atoms with van der Waals surface area (Å²) in [5, 5.41) is 10.1. The van der Waals surface area contributed by atoms with Crippen molar-refractivity contribution in [1.82, 2.24) is 16.0 Å². The highest BCUT2D eigenvalue weighted by Crippen LogP contribution is 1.91. The van der Waals surface area contributed by atoms with Gasteiger partial charge in [0.2, 0.25) is 0 Å². The second-order valence-electron chi connectivity index (χ2n) is 2.23. The molecule has 0 heterocycles. The van der Waals surface area contributed by atoms with Gasteiger partial charge in [0, 0.05) is 14.1 Å². The molecular weight excluding hydrogens is 146 g/mol. The van der Waals surface area contributed by atoms with Gasteiger partial charge in [0.05, 0.1) is 12.5 Å². The van der Waals surface area contributed by atoms with Gasteiger partial charge in [-0.1, -0.05) is 0 Å². The van der Waals surface area contributed by atoms with E-state index in [1.165, 1.54) is 5.12 Å². The molecule has 5 heteroatoms. The number of carbonyl (C=O) groups excluding carboxylic acids is 1. The van der Waals surface area contributed by atoms with Crippen LogP contribution in [-0.2, 0) is 4.79 Å². The summed E-state index contributed by atoms with van der Waals surface area (Å²) in [6.45, 7) is 1.57. The molecule has 66 valence electrons. The fraction of sp³-hybridized carbons (Fsp3) is 0.833. The van der Waals surface area contributed by atoms with E-state index in [1.807, 2.05) is 0 Å². The minimum atomic E-state index is -0.605. The number of aliphatic hydroxyl groups excluding tert-OH is 1. The Morgan fingerprint density at radius 2 is 2.00 bits per heavy atom. The average molecular weight is 161 g/mol. The molecule has 0 bridgehead atoms. The zero-order valence-electron chi connectivity index (χ0n) is 7.09. The third-order valence-corrected chi connectivity index (χ3v) is 1.17. The Morgan fingerprint density at radius 1 is 1.55 bits per heavy atom. The molecule has 1 amide bonds. The lowest BCUT2D eigenvalue weighted by Crippen LogP contribution is -2.49. The quantitative estimate of drug-likeness (QED) is 0.456. The molecule has 5 nitrogen and oxygen atoms in total. The topological polar surface area (TPSA) is 64.6 Å². The van der Waals surface area contributed by atoms with E-state index < -0.39 is 6.10 Å². The van der Waals surface area contributed by atoms with Gasteiger partial charge in [0.15, 0.2) is 0 Å². The molecule has 0 aromatic carbocycles. The highest BCUT2D eigenvalue weighted by Gasteiger charge is 2.11. The molecule has 0 rings (SSSR count). The first-order chi connectivity index (χ1) is 5.11. The Morgan fingerprint density at radius 3 is 2.27 bits per heavy atom. The summed E-state index contributed by atoms with van der Waals surface area (Å²) in [5.74, 6) is -0.190. The Bertz CT molecular complexity index is 123. The van der Waals surface area contributed by atoms with Crippen molar-refractivity contribution in [2.75, 3.05) is 14.1 Å². The van der Waals surface area contributed by atoms with Crippen LogP contribution in [0.2, 0.25) is 0 Å². The molecule has 3 N–H and O–H groups in total. The van der Waals surface area contributed by atoms with Crippen molar-refractivity contribution in [3.8, 4) is 0 Å². The lowest BCUT2D eigenvalue weighted by molar-refractivity contribution is -0.139. The van der Waals surface area contributed by atoms with E-state index in [0.717, 1.165) is 0 Å². The van der Waals surface area contributed by atoms with Gasteiger partial charge < -0.3 is 5.11 Å². The molecule has 0 saturated carbocycles. The number of carbonyl (C=O) groups is 1. The number of nitrogens with zero attached hydrogens (tertiary/aromatic N) is 1. The van der Waals surface area contributed by atoms with E-state index in [1.54, 1.807) is 21.0 Å². The molecule has 0 spiro atoms. The van der Waals surface area contributed by atoms with Gasteiger partial charge in [-0.3, -0.25) is 4.79 Å². The lowest BCUT2D eigenvalue weighted by atomic mass is 10.3. The molecule has 0 aliphatic heterocycles. The number of aliphatic hydroxyl groups is 1. The molecule has 1 atom stereocenters. The number of hydrazine groups is 2. The maximum atomic E-state index is 11.1. The largest absolute Gasteiger partial charge is 0.393 e. The van der Waals surface area contributed by atoms with Gasteiger partial charge in [0.25, 0.3) is 5.91 Å². The number of hydrogen-bond donors (Lipinski definition) is 3. The van der Waals surface area contributed by atoms with Crippen LogP contribution in [0, 0.1) is 0 Å². The third-order valence-electron chi connectivity index (χ3n) is 1.17. The van der Waals surface area contributed by atoms with Crippen LogP contribution in [0.4, 0.5) is 0 Å². The van der Waals surface area contributed by atoms with Crippen molar-refractivity contribution in [2.24, 2.45) is 0 Å². The lowest BCUT2D eigenvalue weighted by Gasteiger charge is -2.19. The fourth-order valence-electron chi connectivity index (χ4n) is 0.705. The second kappa shape index (κ2) is 5.06. The Hall–Kier alpha value is -0.650. The Balaban J connectivity index is 3.79. The smallest absolute Gasteiger partial charge is 0.254 e. The van der Waals surface area contributed by atoms with Crippen LogP contribution >= 0.6 is 0 Å². The third kappa shape index (κ3) is 3.92. The first-order valence-electron chi connectivity index (χ1n) is 3.47. The van der Waals surface area contributed by atoms with Gasteiger partial charge in [-0.05, 0) is 6.92 Å². The minimum absolute atomic E-state index is 0.113. The SMILES string of the molecule is CNN(NC)C(=O)CC(C)O. The van der Waals surface area contributed by atoms with Gasteiger partial charge in [-0.15, -0.1) is 0 Å². The first-order valence-corrected chi connectivity index (χ1v) is 3.47. The highest BCUT2D eigenvalue weighted by molar-refractivity contribution is 5.75. The fourth-order valence-corrected chi connectivity index (χ4v) is 0.705. The molecule has 0 saturated heterocycles. The van der Waals surface area contributed by atoms with Crippen LogP contribution in [0.5, 0.6) is 0 Å². The zero-order chi connectivity index (χ0) is 8.85. The van der Waals surface area contributed by atoms with Crippen molar-refractivity contribution in [3.63, 3.8) is 0 Å². The molecule has 0 aliphatic carbocycles. The van der Waals surface area contributed by atoms with Crippen LogP contribution < -0.4 is 10.9 Å². The van der Waals surface area contributed by atoms with E-state index in [2.05, 4.69) is 10.9 Å². The molecule has 0 aromatic heterocycles. The predicted molar refractivity (Wildman–Crippen MR) is 41.3 cm³/mol. The second-order valence-corrected chi connectivity index (χ2v) is 2.23. The van der Waals surface area contributed by atoms with Crippen LogP contribution in [-0.4, -0.2) is 36.3 Å². The van der Waals surface area contributed by atoms with Gasteiger partial charge in [-0.25, -0.2) is 16.0 Å². The van der Waals surface area contributed by atoms with Crippen molar-refractivity contribution in [1.29, 1.82) is 0 Å². The van der Waals surface area contributed by atoms with Gasteiger partial charge in [0.1, 0.15) is 0 Å². The molecule has 0 aromatic rings.